The van der Waals surface area contributed by atoms with Gasteiger partial charge in [-0.2, -0.15) is 0 Å². The van der Waals surface area contributed by atoms with Gasteiger partial charge >= 0.3 is 0 Å². The Balaban J connectivity index is 0.00000441. The van der Waals surface area contributed by atoms with E-state index in [1.807, 2.05) is 0 Å². The zero-order valence-electron chi connectivity index (χ0n) is 16.0. The molecule has 0 fully saturated rings. The van der Waals surface area contributed by atoms with Crippen LogP contribution in [0.3, 0.4) is 0 Å². The summed E-state index contributed by atoms with van der Waals surface area (Å²) < 4.78 is 0. The summed E-state index contributed by atoms with van der Waals surface area (Å²) in [4.78, 5) is 12.6. The van der Waals surface area contributed by atoms with Gasteiger partial charge in [-0.1, -0.05) is 33.8 Å². The SMILES string of the molecule is Cc1cc(C)c(C(=O)PCC(C)CC(C)(C)C)c(C)c1C.[Li]. The predicted octanol–water partition coefficient (Wildman–Crippen LogP) is 5.43. The van der Waals surface area contributed by atoms with Gasteiger partial charge in [0.1, 0.15) is 0 Å². The molecule has 3 heteroatoms. The van der Waals surface area contributed by atoms with Gasteiger partial charge in [0.05, 0.1) is 0 Å². The number of benzene rings is 1. The molecule has 1 aromatic rings. The first-order chi connectivity index (χ1) is 9.53. The van der Waals surface area contributed by atoms with E-state index in [-0.39, 0.29) is 18.9 Å². The van der Waals surface area contributed by atoms with Crippen LogP contribution in [0, 0.1) is 39.0 Å². The third kappa shape index (κ3) is 6.20. The summed E-state index contributed by atoms with van der Waals surface area (Å²) in [5.74, 6) is 0.611. The molecule has 0 amide bonds. The molecule has 0 bridgehead atoms. The van der Waals surface area contributed by atoms with Crippen LogP contribution in [-0.4, -0.2) is 30.5 Å². The fraction of sp³-hybridized carbons (Fsp3) is 0.632. The molecule has 0 saturated carbocycles. The summed E-state index contributed by atoms with van der Waals surface area (Å²) in [5, 5.41) is 0. The van der Waals surface area contributed by atoms with Gasteiger partial charge in [0, 0.05) is 24.4 Å². The van der Waals surface area contributed by atoms with E-state index in [4.69, 9.17) is 0 Å². The molecule has 0 N–H and O–H groups in total. The second kappa shape index (κ2) is 8.68. The molecular formula is C19H31LiOP. The van der Waals surface area contributed by atoms with E-state index in [9.17, 15) is 4.79 Å². The van der Waals surface area contributed by atoms with Crippen molar-refractivity contribution in [2.75, 3.05) is 6.16 Å². The molecule has 0 aliphatic heterocycles. The van der Waals surface area contributed by atoms with Gasteiger partial charge in [-0.3, -0.25) is 4.79 Å². The summed E-state index contributed by atoms with van der Waals surface area (Å²) in [6, 6.07) is 2.15. The van der Waals surface area contributed by atoms with Gasteiger partial charge < -0.3 is 0 Å². The normalized spacial score (nSPS) is 13.3. The molecule has 1 aromatic carbocycles. The number of aryl methyl sites for hydroxylation is 2. The van der Waals surface area contributed by atoms with Crippen LogP contribution in [0.25, 0.3) is 0 Å². The Labute approximate surface area is 151 Å². The van der Waals surface area contributed by atoms with Crippen molar-refractivity contribution >= 4 is 33.0 Å². The Bertz CT molecular complexity index is 529. The molecule has 2 unspecified atom stereocenters. The van der Waals surface area contributed by atoms with Crippen molar-refractivity contribution < 1.29 is 4.79 Å². The smallest absolute Gasteiger partial charge is 0.181 e. The maximum absolute atomic E-state index is 12.6. The van der Waals surface area contributed by atoms with E-state index in [0.717, 1.165) is 17.3 Å². The van der Waals surface area contributed by atoms with Gasteiger partial charge in [0.15, 0.2) is 5.52 Å². The molecular weight excluding hydrogens is 282 g/mol. The molecule has 0 aliphatic carbocycles. The standard InChI is InChI=1S/C19H31OP.Li/c1-12(10-19(6,7)8)11-21-18(20)17-14(3)9-13(2)15(4)16(17)5;/h9,12,21H,10-11H2,1-8H3;. The monoisotopic (exact) mass is 313 g/mol. The van der Waals surface area contributed by atoms with E-state index < -0.39 is 0 Å². The van der Waals surface area contributed by atoms with Crippen molar-refractivity contribution in [2.45, 2.75) is 61.8 Å². The molecule has 22 heavy (non-hydrogen) atoms. The first-order valence-corrected chi connectivity index (χ1v) is 9.09. The maximum atomic E-state index is 12.6. The van der Waals surface area contributed by atoms with Gasteiger partial charge in [-0.15, -0.1) is 0 Å². The van der Waals surface area contributed by atoms with E-state index >= 15 is 0 Å². The van der Waals surface area contributed by atoms with Crippen molar-refractivity contribution in [3.63, 3.8) is 0 Å². The van der Waals surface area contributed by atoms with E-state index in [0.29, 0.717) is 25.4 Å². The van der Waals surface area contributed by atoms with Crippen LogP contribution in [0.15, 0.2) is 6.07 Å². The number of carbonyl (C=O) groups is 1. The zero-order valence-corrected chi connectivity index (χ0v) is 17.0. The minimum Gasteiger partial charge on any atom is -0.289 e. The zero-order chi connectivity index (χ0) is 16.4. The van der Waals surface area contributed by atoms with Crippen molar-refractivity contribution in [1.82, 2.24) is 0 Å². The first-order valence-electron chi connectivity index (χ1n) is 7.88. The van der Waals surface area contributed by atoms with Crippen LogP contribution < -0.4 is 0 Å². The average Bonchev–Trinajstić information content (AvgIpc) is 2.31. The molecule has 0 saturated heterocycles. The van der Waals surface area contributed by atoms with Crippen LogP contribution in [0.4, 0.5) is 0 Å². The van der Waals surface area contributed by atoms with E-state index in [1.165, 1.54) is 23.1 Å². The Morgan fingerprint density at radius 2 is 1.64 bits per heavy atom. The Morgan fingerprint density at radius 1 is 1.09 bits per heavy atom. The van der Waals surface area contributed by atoms with E-state index in [1.54, 1.807) is 0 Å². The first kappa shape index (κ1) is 21.9. The largest absolute Gasteiger partial charge is 0.289 e. The summed E-state index contributed by atoms with van der Waals surface area (Å²) in [6.07, 6.45) is 2.19. The Hall–Kier alpha value is -0.0826. The summed E-state index contributed by atoms with van der Waals surface area (Å²) in [6.45, 7) is 17.5. The molecule has 0 aliphatic rings. The summed E-state index contributed by atoms with van der Waals surface area (Å²) >= 11 is 0. The van der Waals surface area contributed by atoms with Crippen LogP contribution in [0.2, 0.25) is 0 Å². The van der Waals surface area contributed by atoms with Crippen molar-refractivity contribution in [3.8, 4) is 0 Å². The average molecular weight is 313 g/mol. The van der Waals surface area contributed by atoms with Crippen LogP contribution in [0.5, 0.6) is 0 Å². The number of carbonyl (C=O) groups excluding carboxylic acids is 1. The second-order valence-corrected chi connectivity index (χ2v) is 8.93. The fourth-order valence-corrected chi connectivity index (χ4v) is 4.35. The van der Waals surface area contributed by atoms with Crippen LogP contribution >= 0.6 is 8.58 Å². The summed E-state index contributed by atoms with van der Waals surface area (Å²) in [5.41, 5.74) is 6.51. The van der Waals surface area contributed by atoms with Gasteiger partial charge in [-0.25, -0.2) is 0 Å². The quantitative estimate of drug-likeness (QED) is 0.523. The van der Waals surface area contributed by atoms with Crippen LogP contribution in [0.1, 0.15) is 66.7 Å². The van der Waals surface area contributed by atoms with Crippen molar-refractivity contribution in [1.29, 1.82) is 0 Å². The van der Waals surface area contributed by atoms with Gasteiger partial charge in [-0.05, 0) is 82.4 Å². The minimum atomic E-state index is 0. The molecule has 0 heterocycles. The molecule has 1 radical (unpaired) electrons. The maximum Gasteiger partial charge on any atom is 0.181 e. The van der Waals surface area contributed by atoms with Crippen molar-refractivity contribution in [2.24, 2.45) is 11.3 Å². The van der Waals surface area contributed by atoms with Gasteiger partial charge in [0.25, 0.3) is 0 Å². The minimum absolute atomic E-state index is 0. The van der Waals surface area contributed by atoms with E-state index in [2.05, 4.69) is 61.5 Å². The third-order valence-electron chi connectivity index (χ3n) is 4.16. The molecule has 2 atom stereocenters. The second-order valence-electron chi connectivity index (χ2n) is 7.72. The fourth-order valence-electron chi connectivity index (χ4n) is 3.11. The molecule has 119 valence electrons. The Kier molecular flexibility index (Phi) is 8.65. The Morgan fingerprint density at radius 3 is 2.14 bits per heavy atom. The van der Waals surface area contributed by atoms with Gasteiger partial charge in [0.2, 0.25) is 0 Å². The molecule has 0 spiro atoms. The molecule has 0 aromatic heterocycles. The summed E-state index contributed by atoms with van der Waals surface area (Å²) in [7, 11) is 0.397. The topological polar surface area (TPSA) is 17.1 Å². The molecule has 1 rings (SSSR count). The van der Waals surface area contributed by atoms with Crippen LogP contribution in [-0.2, 0) is 0 Å². The number of hydrogen-bond donors (Lipinski definition) is 0. The molecule has 1 nitrogen and oxygen atoms in total. The number of rotatable bonds is 5. The van der Waals surface area contributed by atoms with Crippen molar-refractivity contribution in [3.05, 3.63) is 33.9 Å². The third-order valence-corrected chi connectivity index (χ3v) is 5.63. The predicted molar refractivity (Wildman–Crippen MR) is 102 cm³/mol. The number of hydrogen-bond acceptors (Lipinski definition) is 1.